The standard InChI is InChI=1S/C13H17NO2S/c1-9-6-7-17(15,16)12-8-10-4-2-3-5-11(10)13(12)14-9/h2-5,9,12-14H,6-8H2,1H3. The first-order valence-electron chi connectivity index (χ1n) is 6.13. The van der Waals surface area contributed by atoms with Gasteiger partial charge in [-0.3, -0.25) is 0 Å². The fraction of sp³-hybridized carbons (Fsp3) is 0.538. The number of sulfone groups is 1. The summed E-state index contributed by atoms with van der Waals surface area (Å²) in [6.07, 6.45) is 1.39. The Labute approximate surface area is 102 Å². The molecule has 0 aromatic heterocycles. The van der Waals surface area contributed by atoms with E-state index in [1.807, 2.05) is 18.2 Å². The Morgan fingerprint density at radius 1 is 1.29 bits per heavy atom. The van der Waals surface area contributed by atoms with E-state index in [2.05, 4.69) is 18.3 Å². The van der Waals surface area contributed by atoms with E-state index in [1.165, 1.54) is 11.1 Å². The fourth-order valence-corrected chi connectivity index (χ4v) is 5.03. The van der Waals surface area contributed by atoms with E-state index in [0.29, 0.717) is 12.2 Å². The van der Waals surface area contributed by atoms with Gasteiger partial charge in [0.2, 0.25) is 0 Å². The highest BCUT2D eigenvalue weighted by Crippen LogP contribution is 2.37. The molecule has 17 heavy (non-hydrogen) atoms. The minimum Gasteiger partial charge on any atom is -0.306 e. The first kappa shape index (κ1) is 11.2. The normalized spacial score (nSPS) is 34.8. The average molecular weight is 251 g/mol. The number of hydrogen-bond donors (Lipinski definition) is 1. The predicted molar refractivity (Wildman–Crippen MR) is 67.7 cm³/mol. The van der Waals surface area contributed by atoms with Gasteiger partial charge >= 0.3 is 0 Å². The maximum absolute atomic E-state index is 12.3. The summed E-state index contributed by atoms with van der Waals surface area (Å²) in [5.41, 5.74) is 2.36. The Hall–Kier alpha value is -0.870. The molecule has 1 saturated heterocycles. The van der Waals surface area contributed by atoms with Crippen LogP contribution < -0.4 is 5.32 Å². The van der Waals surface area contributed by atoms with E-state index in [9.17, 15) is 8.42 Å². The van der Waals surface area contributed by atoms with Gasteiger partial charge in [-0.2, -0.15) is 0 Å². The molecule has 0 radical (unpaired) electrons. The molecule has 2 aliphatic rings. The molecule has 0 saturated carbocycles. The van der Waals surface area contributed by atoms with Crippen molar-refractivity contribution >= 4 is 9.84 Å². The second-order valence-electron chi connectivity index (χ2n) is 5.14. The van der Waals surface area contributed by atoms with Gasteiger partial charge in [-0.05, 0) is 30.9 Å². The zero-order valence-electron chi connectivity index (χ0n) is 9.89. The molecule has 4 heteroatoms. The van der Waals surface area contributed by atoms with Crippen molar-refractivity contribution in [1.82, 2.24) is 5.32 Å². The van der Waals surface area contributed by atoms with Gasteiger partial charge in [0.15, 0.2) is 9.84 Å². The monoisotopic (exact) mass is 251 g/mol. The van der Waals surface area contributed by atoms with Gasteiger partial charge in [-0.15, -0.1) is 0 Å². The molecule has 1 aliphatic carbocycles. The Kier molecular flexibility index (Phi) is 2.52. The van der Waals surface area contributed by atoms with Gasteiger partial charge in [0, 0.05) is 12.1 Å². The van der Waals surface area contributed by atoms with Crippen LogP contribution in [0, 0.1) is 0 Å². The van der Waals surface area contributed by atoms with Crippen LogP contribution in [0.25, 0.3) is 0 Å². The van der Waals surface area contributed by atoms with E-state index in [4.69, 9.17) is 0 Å². The molecule has 0 bridgehead atoms. The lowest BCUT2D eigenvalue weighted by atomic mass is 10.1. The lowest BCUT2D eigenvalue weighted by Crippen LogP contribution is -2.34. The lowest BCUT2D eigenvalue weighted by molar-refractivity contribution is 0.460. The zero-order valence-corrected chi connectivity index (χ0v) is 10.7. The van der Waals surface area contributed by atoms with Crippen molar-refractivity contribution < 1.29 is 8.42 Å². The molecule has 1 aromatic rings. The summed E-state index contributed by atoms with van der Waals surface area (Å²) in [5, 5.41) is 3.21. The third-order valence-corrected chi connectivity index (χ3v) is 6.11. The summed E-state index contributed by atoms with van der Waals surface area (Å²) in [6.45, 7) is 2.07. The molecule has 0 amide bonds. The second kappa shape index (κ2) is 3.82. The summed E-state index contributed by atoms with van der Waals surface area (Å²) in [5.74, 6) is 0.316. The van der Waals surface area contributed by atoms with Gasteiger partial charge in [0.1, 0.15) is 0 Å². The Bertz CT molecular complexity index is 538. The molecule has 3 nitrogen and oxygen atoms in total. The van der Waals surface area contributed by atoms with Crippen LogP contribution >= 0.6 is 0 Å². The van der Waals surface area contributed by atoms with E-state index >= 15 is 0 Å². The smallest absolute Gasteiger partial charge is 0.155 e. The van der Waals surface area contributed by atoms with Crippen LogP contribution in [0.1, 0.15) is 30.5 Å². The van der Waals surface area contributed by atoms with Crippen LogP contribution in [-0.4, -0.2) is 25.5 Å². The lowest BCUT2D eigenvalue weighted by Gasteiger charge is -2.20. The van der Waals surface area contributed by atoms with Crippen molar-refractivity contribution in [1.29, 1.82) is 0 Å². The minimum absolute atomic E-state index is 0.00583. The highest BCUT2D eigenvalue weighted by molar-refractivity contribution is 7.92. The van der Waals surface area contributed by atoms with Gasteiger partial charge < -0.3 is 5.32 Å². The molecular formula is C13H17NO2S. The van der Waals surface area contributed by atoms with Crippen molar-refractivity contribution in [3.63, 3.8) is 0 Å². The molecule has 0 spiro atoms. The Balaban J connectivity index is 2.08. The second-order valence-corrected chi connectivity index (χ2v) is 7.48. The van der Waals surface area contributed by atoms with Gasteiger partial charge in [-0.25, -0.2) is 8.42 Å². The van der Waals surface area contributed by atoms with Crippen LogP contribution in [-0.2, 0) is 16.3 Å². The summed E-state index contributed by atoms with van der Waals surface area (Å²) in [7, 11) is -2.96. The molecule has 1 N–H and O–H groups in total. The Morgan fingerprint density at radius 2 is 2.06 bits per heavy atom. The minimum atomic E-state index is -2.96. The van der Waals surface area contributed by atoms with Crippen molar-refractivity contribution in [3.8, 4) is 0 Å². The zero-order chi connectivity index (χ0) is 12.0. The molecule has 3 unspecified atom stereocenters. The maximum Gasteiger partial charge on any atom is 0.155 e. The molecule has 92 valence electrons. The van der Waals surface area contributed by atoms with Crippen molar-refractivity contribution in [2.75, 3.05) is 5.75 Å². The summed E-state index contributed by atoms with van der Waals surface area (Å²) < 4.78 is 24.5. The molecule has 1 heterocycles. The number of nitrogens with one attached hydrogen (secondary N) is 1. The van der Waals surface area contributed by atoms with Gasteiger partial charge in [-0.1, -0.05) is 24.3 Å². The fourth-order valence-electron chi connectivity index (χ4n) is 2.97. The Morgan fingerprint density at radius 3 is 2.88 bits per heavy atom. The average Bonchev–Trinajstić information content (AvgIpc) is 2.62. The quantitative estimate of drug-likeness (QED) is 0.759. The molecule has 1 aliphatic heterocycles. The predicted octanol–water partition coefficient (Wildman–Crippen LogP) is 1.45. The van der Waals surface area contributed by atoms with Crippen LogP contribution in [0.4, 0.5) is 0 Å². The van der Waals surface area contributed by atoms with Gasteiger partial charge in [0.25, 0.3) is 0 Å². The van der Waals surface area contributed by atoms with Crippen molar-refractivity contribution in [2.24, 2.45) is 0 Å². The van der Waals surface area contributed by atoms with Crippen molar-refractivity contribution in [2.45, 2.75) is 37.1 Å². The SMILES string of the molecule is CC1CCS(=O)(=O)C2Cc3ccccc3C2N1. The van der Waals surface area contributed by atoms with Crippen LogP contribution in [0.2, 0.25) is 0 Å². The largest absolute Gasteiger partial charge is 0.306 e. The van der Waals surface area contributed by atoms with E-state index in [1.54, 1.807) is 0 Å². The summed E-state index contributed by atoms with van der Waals surface area (Å²) in [6, 6.07) is 8.34. The molecule has 3 rings (SSSR count). The highest BCUT2D eigenvalue weighted by Gasteiger charge is 2.42. The van der Waals surface area contributed by atoms with Crippen LogP contribution in [0.5, 0.6) is 0 Å². The molecular weight excluding hydrogens is 234 g/mol. The number of fused-ring (bicyclic) bond motifs is 3. The topological polar surface area (TPSA) is 46.2 Å². The first-order chi connectivity index (χ1) is 8.08. The number of benzene rings is 1. The van der Waals surface area contributed by atoms with E-state index < -0.39 is 9.84 Å². The third-order valence-electron chi connectivity index (χ3n) is 3.94. The van der Waals surface area contributed by atoms with E-state index in [-0.39, 0.29) is 17.3 Å². The summed E-state index contributed by atoms with van der Waals surface area (Å²) in [4.78, 5) is 0. The number of hydrogen-bond acceptors (Lipinski definition) is 3. The van der Waals surface area contributed by atoms with Crippen LogP contribution in [0.3, 0.4) is 0 Å². The van der Waals surface area contributed by atoms with Gasteiger partial charge in [0.05, 0.1) is 11.0 Å². The summed E-state index contributed by atoms with van der Waals surface area (Å²) >= 11 is 0. The molecule has 1 aromatic carbocycles. The van der Waals surface area contributed by atoms with Crippen LogP contribution in [0.15, 0.2) is 24.3 Å². The maximum atomic E-state index is 12.3. The first-order valence-corrected chi connectivity index (χ1v) is 7.85. The van der Waals surface area contributed by atoms with Crippen molar-refractivity contribution in [3.05, 3.63) is 35.4 Å². The molecule has 3 atom stereocenters. The van der Waals surface area contributed by atoms with E-state index in [0.717, 1.165) is 6.42 Å². The number of rotatable bonds is 0. The highest BCUT2D eigenvalue weighted by atomic mass is 32.2. The molecule has 1 fully saturated rings. The third kappa shape index (κ3) is 1.79.